The van der Waals surface area contributed by atoms with Crippen molar-refractivity contribution in [2.24, 2.45) is 10.9 Å². The highest BCUT2D eigenvalue weighted by Crippen LogP contribution is 2.17. The van der Waals surface area contributed by atoms with E-state index in [9.17, 15) is 4.79 Å². The van der Waals surface area contributed by atoms with E-state index in [1.54, 1.807) is 44.2 Å². The fourth-order valence-electron chi connectivity index (χ4n) is 2.01. The van der Waals surface area contributed by atoms with Gasteiger partial charge in [-0.1, -0.05) is 17.3 Å². The largest absolute Gasteiger partial charge is 0.466 e. The first-order valence-corrected chi connectivity index (χ1v) is 6.43. The number of furan rings is 1. The molecule has 21 heavy (non-hydrogen) atoms. The normalized spacial score (nSPS) is 11.4. The fraction of sp³-hybridized carbons (Fsp3) is 0.200. The van der Waals surface area contributed by atoms with E-state index in [1.165, 1.54) is 0 Å². The van der Waals surface area contributed by atoms with Gasteiger partial charge in [0.1, 0.15) is 17.4 Å². The van der Waals surface area contributed by atoms with E-state index in [2.05, 4.69) is 10.5 Å². The van der Waals surface area contributed by atoms with E-state index < -0.39 is 0 Å². The number of nitrogens with one attached hydrogen (secondary N) is 1. The minimum Gasteiger partial charge on any atom is -0.466 e. The average Bonchev–Trinajstić information content (AvgIpc) is 2.80. The van der Waals surface area contributed by atoms with Crippen LogP contribution in [0.2, 0.25) is 0 Å². The van der Waals surface area contributed by atoms with Crippen molar-refractivity contribution in [2.75, 3.05) is 5.32 Å². The molecule has 0 radical (unpaired) electrons. The number of carbonyl (C=O) groups excluding carboxylic acids is 1. The van der Waals surface area contributed by atoms with Gasteiger partial charge in [0.25, 0.3) is 5.91 Å². The Bertz CT molecular complexity index is 672. The molecular formula is C15H17N3O3. The number of hydrogen-bond acceptors (Lipinski definition) is 4. The first-order valence-electron chi connectivity index (χ1n) is 6.43. The van der Waals surface area contributed by atoms with E-state index in [1.807, 2.05) is 0 Å². The van der Waals surface area contributed by atoms with Crippen molar-refractivity contribution in [3.63, 3.8) is 0 Å². The Labute approximate surface area is 122 Å². The van der Waals surface area contributed by atoms with Gasteiger partial charge >= 0.3 is 0 Å². The molecule has 0 saturated carbocycles. The summed E-state index contributed by atoms with van der Waals surface area (Å²) in [6, 6.07) is 8.85. The van der Waals surface area contributed by atoms with Crippen molar-refractivity contribution in [3.05, 3.63) is 53.0 Å². The number of rotatable bonds is 4. The highest BCUT2D eigenvalue weighted by molar-refractivity contribution is 6.05. The molecule has 6 nitrogen and oxygen atoms in total. The van der Waals surface area contributed by atoms with Gasteiger partial charge in [0, 0.05) is 12.1 Å². The zero-order valence-electron chi connectivity index (χ0n) is 11.9. The van der Waals surface area contributed by atoms with Crippen LogP contribution in [0.1, 0.15) is 27.4 Å². The molecule has 1 aromatic carbocycles. The smallest absolute Gasteiger partial charge is 0.259 e. The molecule has 0 spiro atoms. The highest BCUT2D eigenvalue weighted by Gasteiger charge is 2.13. The van der Waals surface area contributed by atoms with Crippen LogP contribution in [-0.2, 0) is 6.42 Å². The number of nitrogens with two attached hydrogens (primary N) is 1. The van der Waals surface area contributed by atoms with Crippen LogP contribution in [0, 0.1) is 13.8 Å². The van der Waals surface area contributed by atoms with Gasteiger partial charge in [-0.3, -0.25) is 4.79 Å². The van der Waals surface area contributed by atoms with Crippen LogP contribution < -0.4 is 11.1 Å². The van der Waals surface area contributed by atoms with Crippen LogP contribution in [0.5, 0.6) is 0 Å². The Kier molecular flexibility index (Phi) is 4.27. The first-order chi connectivity index (χ1) is 9.99. The third kappa shape index (κ3) is 3.62. The molecule has 6 heteroatoms. The number of carbonyl (C=O) groups is 1. The predicted octanol–water partition coefficient (Wildman–Crippen LogP) is 2.44. The lowest BCUT2D eigenvalue weighted by Crippen LogP contribution is -2.15. The quantitative estimate of drug-likeness (QED) is 0.348. The number of anilines is 1. The number of amidine groups is 1. The lowest BCUT2D eigenvalue weighted by molar-refractivity contribution is 0.102. The van der Waals surface area contributed by atoms with Gasteiger partial charge < -0.3 is 20.7 Å². The second-order valence-corrected chi connectivity index (χ2v) is 4.75. The molecule has 1 heterocycles. The zero-order valence-corrected chi connectivity index (χ0v) is 11.9. The van der Waals surface area contributed by atoms with Crippen molar-refractivity contribution < 1.29 is 14.4 Å². The van der Waals surface area contributed by atoms with Crippen molar-refractivity contribution >= 4 is 17.4 Å². The van der Waals surface area contributed by atoms with Crippen molar-refractivity contribution in [1.82, 2.24) is 0 Å². The number of nitrogens with zero attached hydrogens (tertiary/aromatic N) is 1. The van der Waals surface area contributed by atoms with E-state index in [0.717, 1.165) is 5.56 Å². The van der Waals surface area contributed by atoms with Crippen molar-refractivity contribution in [2.45, 2.75) is 20.3 Å². The van der Waals surface area contributed by atoms with Crippen LogP contribution in [0.3, 0.4) is 0 Å². The fourth-order valence-corrected chi connectivity index (χ4v) is 2.01. The summed E-state index contributed by atoms with van der Waals surface area (Å²) in [5, 5.41) is 14.2. The number of benzene rings is 1. The van der Waals surface area contributed by atoms with Gasteiger partial charge in [0.2, 0.25) is 0 Å². The van der Waals surface area contributed by atoms with Crippen molar-refractivity contribution in [1.29, 1.82) is 0 Å². The SMILES string of the molecule is Cc1cc(C(=O)Nc2ccc(CC(N)=NO)cc2)c(C)o1. The molecular weight excluding hydrogens is 270 g/mol. The minimum absolute atomic E-state index is 0.135. The molecule has 0 aliphatic heterocycles. The topological polar surface area (TPSA) is 101 Å². The lowest BCUT2D eigenvalue weighted by Gasteiger charge is -2.06. The Balaban J connectivity index is 2.06. The molecule has 0 unspecified atom stereocenters. The monoisotopic (exact) mass is 287 g/mol. The molecule has 0 atom stereocenters. The van der Waals surface area contributed by atoms with Crippen molar-refractivity contribution in [3.8, 4) is 0 Å². The predicted molar refractivity (Wildman–Crippen MR) is 79.7 cm³/mol. The number of oxime groups is 1. The summed E-state index contributed by atoms with van der Waals surface area (Å²) in [5.74, 6) is 1.21. The van der Waals surface area contributed by atoms with Crippen LogP contribution in [0.4, 0.5) is 5.69 Å². The van der Waals surface area contributed by atoms with E-state index >= 15 is 0 Å². The Morgan fingerprint density at radius 1 is 1.33 bits per heavy atom. The van der Waals surface area contributed by atoms with Crippen LogP contribution in [-0.4, -0.2) is 17.0 Å². The summed E-state index contributed by atoms with van der Waals surface area (Å²) in [6.45, 7) is 3.55. The molecule has 110 valence electrons. The standard InChI is InChI=1S/C15H17N3O3/c1-9-7-13(10(2)21-9)15(19)17-12-5-3-11(4-6-12)8-14(16)18-20/h3-7,20H,8H2,1-2H3,(H2,16,18)(H,17,19). The molecule has 0 bridgehead atoms. The van der Waals surface area contributed by atoms with E-state index in [-0.39, 0.29) is 11.7 Å². The number of hydrogen-bond donors (Lipinski definition) is 3. The maximum atomic E-state index is 12.1. The summed E-state index contributed by atoms with van der Waals surface area (Å²) >= 11 is 0. The summed E-state index contributed by atoms with van der Waals surface area (Å²) in [5.41, 5.74) is 7.52. The molecule has 0 aliphatic rings. The lowest BCUT2D eigenvalue weighted by atomic mass is 10.1. The maximum absolute atomic E-state index is 12.1. The Morgan fingerprint density at radius 3 is 2.52 bits per heavy atom. The minimum atomic E-state index is -0.214. The molecule has 0 saturated heterocycles. The summed E-state index contributed by atoms with van der Waals surface area (Å²) in [4.78, 5) is 12.1. The average molecular weight is 287 g/mol. The zero-order chi connectivity index (χ0) is 15.4. The number of aryl methyl sites for hydroxylation is 2. The third-order valence-corrected chi connectivity index (χ3v) is 3.01. The van der Waals surface area contributed by atoms with Gasteiger partial charge in [0.15, 0.2) is 0 Å². The summed E-state index contributed by atoms with van der Waals surface area (Å²) in [7, 11) is 0. The highest BCUT2D eigenvalue weighted by atomic mass is 16.4. The van der Waals surface area contributed by atoms with Crippen LogP contribution in [0.25, 0.3) is 0 Å². The molecule has 0 aliphatic carbocycles. The summed E-state index contributed by atoms with van der Waals surface area (Å²) < 4.78 is 5.34. The third-order valence-electron chi connectivity index (χ3n) is 3.01. The van der Waals surface area contributed by atoms with Gasteiger partial charge in [-0.25, -0.2) is 0 Å². The molecule has 4 N–H and O–H groups in total. The van der Waals surface area contributed by atoms with Gasteiger partial charge in [-0.05, 0) is 37.6 Å². The van der Waals surface area contributed by atoms with E-state index in [0.29, 0.717) is 29.2 Å². The second-order valence-electron chi connectivity index (χ2n) is 4.75. The van der Waals surface area contributed by atoms with Crippen LogP contribution >= 0.6 is 0 Å². The van der Waals surface area contributed by atoms with Gasteiger partial charge in [-0.2, -0.15) is 0 Å². The number of amides is 1. The van der Waals surface area contributed by atoms with Crippen LogP contribution in [0.15, 0.2) is 39.9 Å². The van der Waals surface area contributed by atoms with E-state index in [4.69, 9.17) is 15.4 Å². The molecule has 2 aromatic rings. The maximum Gasteiger partial charge on any atom is 0.259 e. The Morgan fingerprint density at radius 2 is 2.00 bits per heavy atom. The summed E-state index contributed by atoms with van der Waals surface area (Å²) in [6.07, 6.45) is 0.352. The Hall–Kier alpha value is -2.76. The van der Waals surface area contributed by atoms with Gasteiger partial charge in [0.05, 0.1) is 5.56 Å². The first kappa shape index (κ1) is 14.6. The molecule has 1 amide bonds. The molecule has 2 rings (SSSR count). The van der Waals surface area contributed by atoms with Gasteiger partial charge in [-0.15, -0.1) is 0 Å². The molecule has 1 aromatic heterocycles. The molecule has 0 fully saturated rings. The second kappa shape index (κ2) is 6.13.